The molecule has 4 N–H and O–H groups in total. The molecular formula is C31H30F3N5O4S. The lowest BCUT2D eigenvalue weighted by atomic mass is 10.2. The van der Waals surface area contributed by atoms with Crippen molar-refractivity contribution in [1.29, 1.82) is 0 Å². The number of H-pyrrole nitrogens is 1. The predicted molar refractivity (Wildman–Crippen MR) is 164 cm³/mol. The molecule has 0 saturated carbocycles. The lowest BCUT2D eigenvalue weighted by molar-refractivity contribution is 0.0823. The van der Waals surface area contributed by atoms with Gasteiger partial charge in [0.15, 0.2) is 29.0 Å². The number of nitrogens with two attached hydrogens (primary N) is 1. The van der Waals surface area contributed by atoms with E-state index in [1.807, 2.05) is 6.92 Å². The van der Waals surface area contributed by atoms with E-state index >= 15 is 0 Å². The number of anilines is 2. The third-order valence-corrected chi connectivity index (χ3v) is 8.16. The highest BCUT2D eigenvalue weighted by Crippen LogP contribution is 2.38. The van der Waals surface area contributed by atoms with Crippen molar-refractivity contribution in [3.8, 4) is 34.6 Å². The van der Waals surface area contributed by atoms with Crippen LogP contribution in [-0.4, -0.2) is 46.3 Å². The molecule has 0 spiro atoms. The second kappa shape index (κ2) is 13.0. The minimum absolute atomic E-state index is 0.126. The van der Waals surface area contributed by atoms with Gasteiger partial charge in [0.25, 0.3) is 6.43 Å². The highest BCUT2D eigenvalue weighted by Gasteiger charge is 2.19. The van der Waals surface area contributed by atoms with Gasteiger partial charge in [-0.1, -0.05) is 12.1 Å². The molecule has 2 aromatic heterocycles. The molecule has 9 nitrogen and oxygen atoms in total. The van der Waals surface area contributed by atoms with E-state index in [9.17, 15) is 13.2 Å². The number of hydrogen-bond donors (Lipinski definition) is 3. The fraction of sp³-hybridized carbons (Fsp3) is 0.258. The maximum Gasteiger partial charge on any atom is 0.272 e. The number of benzene rings is 3. The molecule has 0 amide bonds. The third kappa shape index (κ3) is 6.68. The van der Waals surface area contributed by atoms with Gasteiger partial charge in [0.1, 0.15) is 18.1 Å². The second-order valence-corrected chi connectivity index (χ2v) is 11.3. The number of rotatable bonds is 11. The maximum absolute atomic E-state index is 14.0. The summed E-state index contributed by atoms with van der Waals surface area (Å²) in [7, 11) is 0. The summed E-state index contributed by atoms with van der Waals surface area (Å²) in [5.41, 5.74) is 9.19. The highest BCUT2D eigenvalue weighted by molar-refractivity contribution is 8.01. The normalized spacial score (nSPS) is 13.8. The zero-order chi connectivity index (χ0) is 30.6. The first-order valence-corrected chi connectivity index (χ1v) is 14.8. The molecule has 3 aromatic carbocycles. The van der Waals surface area contributed by atoms with Crippen molar-refractivity contribution in [3.05, 3.63) is 78.2 Å². The van der Waals surface area contributed by atoms with Gasteiger partial charge in [0, 0.05) is 29.9 Å². The summed E-state index contributed by atoms with van der Waals surface area (Å²) in [4.78, 5) is 3.20. The van der Waals surface area contributed by atoms with E-state index in [4.69, 9.17) is 24.7 Å². The molecule has 1 aliphatic rings. The molecule has 230 valence electrons. The fourth-order valence-corrected chi connectivity index (χ4v) is 5.68. The van der Waals surface area contributed by atoms with Crippen LogP contribution in [0.4, 0.5) is 24.7 Å². The van der Waals surface area contributed by atoms with Crippen molar-refractivity contribution < 1.29 is 32.1 Å². The number of alkyl halides is 2. The van der Waals surface area contributed by atoms with E-state index < -0.39 is 18.8 Å². The van der Waals surface area contributed by atoms with E-state index in [0.29, 0.717) is 63.9 Å². The summed E-state index contributed by atoms with van der Waals surface area (Å²) < 4.78 is 67.4. The van der Waals surface area contributed by atoms with Crippen molar-refractivity contribution in [2.45, 2.75) is 31.4 Å². The fourth-order valence-electron chi connectivity index (χ4n) is 4.80. The summed E-state index contributed by atoms with van der Waals surface area (Å²) >= 11 is 1.53. The smallest absolute Gasteiger partial charge is 0.272 e. The van der Waals surface area contributed by atoms with Gasteiger partial charge < -0.3 is 34.4 Å². The van der Waals surface area contributed by atoms with Crippen LogP contribution in [0, 0.1) is 12.7 Å². The quantitative estimate of drug-likeness (QED) is 0.127. The average molecular weight is 626 g/mol. The van der Waals surface area contributed by atoms with Gasteiger partial charge >= 0.3 is 0 Å². The molecule has 0 unspecified atom stereocenters. The Morgan fingerprint density at radius 3 is 2.66 bits per heavy atom. The predicted octanol–water partition coefficient (Wildman–Crippen LogP) is 7.85. The number of para-hydroxylation sites is 1. The monoisotopic (exact) mass is 625 g/mol. The number of aromatic amines is 1. The highest BCUT2D eigenvalue weighted by atomic mass is 32.2. The number of aryl methyl sites for hydroxylation is 1. The first-order chi connectivity index (χ1) is 21.3. The summed E-state index contributed by atoms with van der Waals surface area (Å²) in [6.45, 7) is 2.53. The number of nitrogens with zero attached hydrogens (tertiary/aromatic N) is 2. The molecule has 0 bridgehead atoms. The van der Waals surface area contributed by atoms with Gasteiger partial charge in [0.2, 0.25) is 0 Å². The van der Waals surface area contributed by atoms with E-state index in [1.54, 1.807) is 54.6 Å². The van der Waals surface area contributed by atoms with Crippen LogP contribution in [-0.2, 0) is 4.74 Å². The SMILES string of the molecule is Cc1cc(Oc2ccccc2F)ccc1-n1ncc(Oc2cc3cc(OCC(F)F)c(NSC4CCOCC4)cc3[nH]2)c1N. The van der Waals surface area contributed by atoms with Crippen molar-refractivity contribution in [2.75, 3.05) is 30.3 Å². The lowest BCUT2D eigenvalue weighted by Gasteiger charge is -2.22. The number of aromatic nitrogens is 3. The molecule has 1 aliphatic heterocycles. The molecule has 44 heavy (non-hydrogen) atoms. The summed E-state index contributed by atoms with van der Waals surface area (Å²) in [5, 5.41) is 5.45. The molecule has 0 aliphatic carbocycles. The molecule has 0 atom stereocenters. The van der Waals surface area contributed by atoms with Crippen molar-refractivity contribution in [2.24, 2.45) is 0 Å². The third-order valence-electron chi connectivity index (χ3n) is 7.02. The minimum atomic E-state index is -2.61. The number of ether oxygens (including phenoxy) is 4. The Bertz CT molecular complexity index is 1760. The molecule has 13 heteroatoms. The second-order valence-electron chi connectivity index (χ2n) is 10.2. The first-order valence-electron chi connectivity index (χ1n) is 14.0. The Labute approximate surface area is 255 Å². The maximum atomic E-state index is 14.0. The standard InChI is InChI=1S/C31H30F3N5O4S/c1-18-12-20(42-26-5-3-2-4-22(26)32)6-7-25(18)39-31(35)28(16-36-39)43-30-14-19-13-27(41-17-29(33)34)24(15-23(19)37-30)38-44-21-8-10-40-11-9-21/h2-7,12-16,21,29,37-38H,8-11,17,35H2,1H3. The van der Waals surface area contributed by atoms with Crippen LogP contribution < -0.4 is 24.7 Å². The van der Waals surface area contributed by atoms with Crippen LogP contribution in [0.3, 0.4) is 0 Å². The Hall–Kier alpha value is -4.49. The van der Waals surface area contributed by atoms with Gasteiger partial charge in [-0.3, -0.25) is 0 Å². The topological polar surface area (TPSA) is 109 Å². The molecule has 6 rings (SSSR count). The lowest BCUT2D eigenvalue weighted by Crippen LogP contribution is -2.19. The zero-order valence-electron chi connectivity index (χ0n) is 23.7. The van der Waals surface area contributed by atoms with E-state index in [0.717, 1.165) is 18.4 Å². The van der Waals surface area contributed by atoms with E-state index in [-0.39, 0.29) is 11.6 Å². The number of nitrogen functional groups attached to an aromatic ring is 1. The summed E-state index contributed by atoms with van der Waals surface area (Å²) in [6.07, 6.45) is 0.686. The molecule has 1 saturated heterocycles. The number of halogens is 3. The Morgan fingerprint density at radius 2 is 1.89 bits per heavy atom. The molecular weight excluding hydrogens is 595 g/mol. The zero-order valence-corrected chi connectivity index (χ0v) is 24.5. The van der Waals surface area contributed by atoms with Gasteiger partial charge in [-0.2, -0.15) is 5.10 Å². The van der Waals surface area contributed by atoms with Crippen LogP contribution in [0.25, 0.3) is 16.6 Å². The van der Waals surface area contributed by atoms with Crippen molar-refractivity contribution in [3.63, 3.8) is 0 Å². The first kappa shape index (κ1) is 29.6. The molecule has 1 fully saturated rings. The van der Waals surface area contributed by atoms with Crippen LogP contribution in [0.15, 0.2) is 66.9 Å². The minimum Gasteiger partial charge on any atom is -0.485 e. The number of nitrogens with one attached hydrogen (secondary N) is 2. The Kier molecular flexibility index (Phi) is 8.75. The Morgan fingerprint density at radius 1 is 1.07 bits per heavy atom. The summed E-state index contributed by atoms with van der Waals surface area (Å²) in [6, 6.07) is 16.6. The van der Waals surface area contributed by atoms with E-state index in [1.165, 1.54) is 28.9 Å². The van der Waals surface area contributed by atoms with Gasteiger partial charge in [-0.25, -0.2) is 17.9 Å². The van der Waals surface area contributed by atoms with Crippen molar-refractivity contribution >= 4 is 34.4 Å². The largest absolute Gasteiger partial charge is 0.485 e. The van der Waals surface area contributed by atoms with Gasteiger partial charge in [-0.15, -0.1) is 0 Å². The number of hydrogen-bond acceptors (Lipinski definition) is 8. The van der Waals surface area contributed by atoms with Gasteiger partial charge in [-0.05, 0) is 79.7 Å². The Balaban J connectivity index is 1.20. The van der Waals surface area contributed by atoms with Gasteiger partial charge in [0.05, 0.1) is 23.1 Å². The van der Waals surface area contributed by atoms with Crippen LogP contribution in [0.5, 0.6) is 28.9 Å². The van der Waals surface area contributed by atoms with Crippen LogP contribution in [0.1, 0.15) is 18.4 Å². The molecule has 0 radical (unpaired) electrons. The summed E-state index contributed by atoms with van der Waals surface area (Å²) in [5.74, 6) is 1.40. The average Bonchev–Trinajstić information content (AvgIpc) is 3.58. The van der Waals surface area contributed by atoms with Crippen LogP contribution >= 0.6 is 11.9 Å². The number of fused-ring (bicyclic) bond motifs is 1. The van der Waals surface area contributed by atoms with Crippen LogP contribution in [0.2, 0.25) is 0 Å². The van der Waals surface area contributed by atoms with Crippen molar-refractivity contribution in [1.82, 2.24) is 14.8 Å². The molecule has 5 aromatic rings. The molecule has 3 heterocycles. The van der Waals surface area contributed by atoms with E-state index in [2.05, 4.69) is 14.8 Å².